The maximum atomic E-state index is 12.5. The molecule has 0 aliphatic carbocycles. The fourth-order valence-corrected chi connectivity index (χ4v) is 5.48. The summed E-state index contributed by atoms with van der Waals surface area (Å²) in [5.41, 5.74) is 10.3. The lowest BCUT2D eigenvalue weighted by molar-refractivity contribution is 0.100. The number of hydrogen-bond donors (Lipinski definition) is 1. The molecule has 4 aromatic carbocycles. The van der Waals surface area contributed by atoms with E-state index >= 15 is 0 Å². The van der Waals surface area contributed by atoms with Crippen molar-refractivity contribution in [1.82, 2.24) is 4.57 Å². The standard InChI is InChI=1S/C28H23N2O4S/c1-34-21-13-10-18(11-14-21)19-12-15-22-25(16-19)30(24-8-5-7-23(27(22)24)28(29)31)17-20-6-3-4-9-26(20)35(2,32)33/h3-14,16H,17H2,1-2H3,(H2,29,31). The minimum Gasteiger partial charge on any atom is -0.497 e. The van der Waals surface area contributed by atoms with Crippen LogP contribution in [0.4, 0.5) is 0 Å². The van der Waals surface area contributed by atoms with E-state index in [1.807, 2.05) is 59.2 Å². The van der Waals surface area contributed by atoms with E-state index < -0.39 is 15.7 Å². The van der Waals surface area contributed by atoms with Crippen LogP contribution in [-0.2, 0) is 16.4 Å². The van der Waals surface area contributed by atoms with Crippen LogP contribution in [0.2, 0.25) is 0 Å². The van der Waals surface area contributed by atoms with E-state index in [1.54, 1.807) is 31.4 Å². The quantitative estimate of drug-likeness (QED) is 0.375. The Morgan fingerprint density at radius 1 is 0.971 bits per heavy atom. The fraction of sp³-hybridized carbons (Fsp3) is 0.107. The number of carbonyl (C=O) groups is 1. The summed E-state index contributed by atoms with van der Waals surface area (Å²) in [5.74, 6) is 0.232. The highest BCUT2D eigenvalue weighted by Crippen LogP contribution is 2.35. The number of primary amides is 1. The number of hydrogen-bond acceptors (Lipinski definition) is 4. The van der Waals surface area contributed by atoms with Gasteiger partial charge in [0, 0.05) is 29.1 Å². The maximum Gasteiger partial charge on any atom is 0.249 e. The molecule has 1 aromatic heterocycles. The van der Waals surface area contributed by atoms with Gasteiger partial charge in [0.25, 0.3) is 0 Å². The average molecular weight is 484 g/mol. The number of carbonyl (C=O) groups excluding carboxylic acids is 1. The summed E-state index contributed by atoms with van der Waals surface area (Å²) in [6.45, 7) is 0.297. The number of nitrogens with zero attached hydrogens (tertiary/aromatic N) is 1. The molecular formula is C28H23N2O4S. The third kappa shape index (κ3) is 4.04. The van der Waals surface area contributed by atoms with Gasteiger partial charge in [-0.25, -0.2) is 8.42 Å². The Morgan fingerprint density at radius 2 is 1.71 bits per heavy atom. The summed E-state index contributed by atoms with van der Waals surface area (Å²) in [6, 6.07) is 27.3. The number of ether oxygens (including phenoxy) is 1. The van der Waals surface area contributed by atoms with Gasteiger partial charge in [-0.05, 0) is 65.2 Å². The Hall–Kier alpha value is -4.10. The van der Waals surface area contributed by atoms with E-state index in [4.69, 9.17) is 10.5 Å². The third-order valence-corrected chi connectivity index (χ3v) is 7.38. The lowest BCUT2D eigenvalue weighted by Gasteiger charge is -2.12. The van der Waals surface area contributed by atoms with E-state index in [-0.39, 0.29) is 4.90 Å². The van der Waals surface area contributed by atoms with Gasteiger partial charge in [0.1, 0.15) is 5.75 Å². The van der Waals surface area contributed by atoms with Gasteiger partial charge >= 0.3 is 0 Å². The number of fused-ring (bicyclic) bond motifs is 3. The highest BCUT2D eigenvalue weighted by molar-refractivity contribution is 7.90. The van der Waals surface area contributed by atoms with Crippen molar-refractivity contribution in [2.24, 2.45) is 5.73 Å². The second-order valence-corrected chi connectivity index (χ2v) is 10.4. The second-order valence-electron chi connectivity index (χ2n) is 8.41. The van der Waals surface area contributed by atoms with E-state index in [0.717, 1.165) is 33.3 Å². The Morgan fingerprint density at radius 3 is 2.40 bits per heavy atom. The summed E-state index contributed by atoms with van der Waals surface area (Å²) >= 11 is 0. The number of amides is 1. The van der Waals surface area contributed by atoms with Crippen LogP contribution in [0.3, 0.4) is 0 Å². The molecule has 1 radical (unpaired) electrons. The van der Waals surface area contributed by atoms with Crippen LogP contribution in [0.1, 0.15) is 15.9 Å². The molecule has 35 heavy (non-hydrogen) atoms. The van der Waals surface area contributed by atoms with Crippen LogP contribution in [0.25, 0.3) is 32.9 Å². The number of rotatable bonds is 6. The van der Waals surface area contributed by atoms with E-state index in [2.05, 4.69) is 6.07 Å². The maximum absolute atomic E-state index is 12.5. The predicted molar refractivity (Wildman–Crippen MR) is 137 cm³/mol. The Balaban J connectivity index is 1.79. The van der Waals surface area contributed by atoms with Crippen molar-refractivity contribution >= 4 is 37.6 Å². The van der Waals surface area contributed by atoms with Crippen molar-refractivity contribution in [2.45, 2.75) is 11.4 Å². The number of nitrogens with two attached hydrogens (primary N) is 1. The molecule has 0 aliphatic heterocycles. The fourth-order valence-electron chi connectivity index (χ4n) is 4.55. The first-order valence-corrected chi connectivity index (χ1v) is 12.9. The van der Waals surface area contributed by atoms with Crippen LogP contribution >= 0.6 is 0 Å². The zero-order valence-electron chi connectivity index (χ0n) is 19.3. The summed E-state index contributed by atoms with van der Waals surface area (Å²) in [4.78, 5) is 12.5. The highest BCUT2D eigenvalue weighted by Gasteiger charge is 2.20. The lowest BCUT2D eigenvalue weighted by atomic mass is 10.0. The molecule has 1 heterocycles. The molecule has 0 unspecified atom stereocenters. The van der Waals surface area contributed by atoms with Crippen LogP contribution in [-0.4, -0.2) is 32.3 Å². The lowest BCUT2D eigenvalue weighted by Crippen LogP contribution is -2.11. The zero-order valence-corrected chi connectivity index (χ0v) is 20.1. The second kappa shape index (κ2) is 8.60. The van der Waals surface area contributed by atoms with Crippen molar-refractivity contribution in [3.8, 4) is 16.9 Å². The molecule has 6 nitrogen and oxygen atoms in total. The molecule has 1 amide bonds. The first kappa shape index (κ1) is 22.7. The van der Waals surface area contributed by atoms with Crippen LogP contribution in [0, 0.1) is 6.07 Å². The van der Waals surface area contributed by atoms with Crippen LogP contribution in [0.15, 0.2) is 83.8 Å². The van der Waals surface area contributed by atoms with Crippen molar-refractivity contribution in [3.05, 3.63) is 96.1 Å². The summed E-state index contributed by atoms with van der Waals surface area (Å²) in [5, 5.41) is 1.46. The molecule has 0 aliphatic rings. The Kier molecular flexibility index (Phi) is 5.57. The molecule has 0 atom stereocenters. The first-order chi connectivity index (χ1) is 16.8. The zero-order chi connectivity index (χ0) is 24.7. The van der Waals surface area contributed by atoms with Crippen molar-refractivity contribution in [2.75, 3.05) is 13.4 Å². The van der Waals surface area contributed by atoms with Gasteiger partial charge in [-0.15, -0.1) is 0 Å². The summed E-state index contributed by atoms with van der Waals surface area (Å²) < 4.78 is 32.2. The molecule has 7 heteroatoms. The van der Waals surface area contributed by atoms with Gasteiger partial charge < -0.3 is 15.0 Å². The third-order valence-electron chi connectivity index (χ3n) is 6.18. The number of sulfone groups is 1. The van der Waals surface area contributed by atoms with Crippen LogP contribution < -0.4 is 10.5 Å². The topological polar surface area (TPSA) is 91.4 Å². The Bertz CT molecular complexity index is 1700. The minimum atomic E-state index is -3.43. The largest absolute Gasteiger partial charge is 0.497 e. The van der Waals surface area contributed by atoms with E-state index in [1.165, 1.54) is 6.26 Å². The number of aromatic nitrogens is 1. The molecule has 0 spiro atoms. The minimum absolute atomic E-state index is 0.274. The normalized spacial score (nSPS) is 11.7. The molecule has 5 aromatic rings. The smallest absolute Gasteiger partial charge is 0.249 e. The molecule has 175 valence electrons. The first-order valence-electron chi connectivity index (χ1n) is 11.0. The highest BCUT2D eigenvalue weighted by atomic mass is 32.2. The molecule has 0 saturated heterocycles. The number of methoxy groups -OCH3 is 1. The SMILES string of the molecule is COc1ccc(-c2c[c]c3c4c(C(N)=O)cccc4n(Cc4ccccc4S(C)(=O)=O)c3c2)cc1. The van der Waals surface area contributed by atoms with E-state index in [9.17, 15) is 13.2 Å². The monoisotopic (exact) mass is 483 g/mol. The van der Waals surface area contributed by atoms with Gasteiger partial charge in [-0.2, -0.15) is 0 Å². The van der Waals surface area contributed by atoms with Gasteiger partial charge in [-0.1, -0.05) is 36.4 Å². The molecule has 0 fully saturated rings. The average Bonchev–Trinajstić information content (AvgIpc) is 3.16. The summed E-state index contributed by atoms with van der Waals surface area (Å²) in [6.07, 6.45) is 1.21. The Labute approximate surface area is 203 Å². The molecule has 5 rings (SSSR count). The van der Waals surface area contributed by atoms with Crippen molar-refractivity contribution in [1.29, 1.82) is 0 Å². The molecular weight excluding hydrogens is 460 g/mol. The van der Waals surface area contributed by atoms with Crippen LogP contribution in [0.5, 0.6) is 5.75 Å². The summed E-state index contributed by atoms with van der Waals surface area (Å²) in [7, 11) is -1.81. The predicted octanol–water partition coefficient (Wildman–Crippen LogP) is 4.82. The van der Waals surface area contributed by atoms with Gasteiger partial charge in [0.2, 0.25) is 5.91 Å². The van der Waals surface area contributed by atoms with Gasteiger partial charge in [0.15, 0.2) is 9.84 Å². The van der Waals surface area contributed by atoms with Crippen molar-refractivity contribution < 1.29 is 17.9 Å². The van der Waals surface area contributed by atoms with Gasteiger partial charge in [-0.3, -0.25) is 4.79 Å². The molecule has 2 N–H and O–H groups in total. The molecule has 0 saturated carbocycles. The number of benzene rings is 4. The molecule has 0 bridgehead atoms. The van der Waals surface area contributed by atoms with E-state index in [0.29, 0.717) is 23.1 Å². The van der Waals surface area contributed by atoms with Gasteiger partial charge in [0.05, 0.1) is 23.0 Å². The van der Waals surface area contributed by atoms with Crippen molar-refractivity contribution in [3.63, 3.8) is 0 Å².